The number of ether oxygens (including phenoxy) is 1. The number of para-hydroxylation sites is 1. The van der Waals surface area contributed by atoms with Crippen molar-refractivity contribution < 1.29 is 9.53 Å². The molecule has 0 aliphatic carbocycles. The van der Waals surface area contributed by atoms with Gasteiger partial charge in [0.25, 0.3) is 5.91 Å². The second-order valence-electron chi connectivity index (χ2n) is 5.35. The van der Waals surface area contributed by atoms with E-state index >= 15 is 0 Å². The van der Waals surface area contributed by atoms with E-state index < -0.39 is 0 Å². The van der Waals surface area contributed by atoms with Crippen LogP contribution in [0, 0.1) is 0 Å². The van der Waals surface area contributed by atoms with Crippen LogP contribution in [-0.4, -0.2) is 31.2 Å². The number of rotatable bonds is 5. The summed E-state index contributed by atoms with van der Waals surface area (Å²) in [5.41, 5.74) is 1.63. The molecule has 2 N–H and O–H groups in total. The molecule has 1 fully saturated rings. The maximum Gasteiger partial charge on any atom is 0.253 e. The van der Waals surface area contributed by atoms with Gasteiger partial charge in [0, 0.05) is 24.9 Å². The number of nitrogens with one attached hydrogen (secondary N) is 2. The summed E-state index contributed by atoms with van der Waals surface area (Å²) < 4.78 is 5.51. The van der Waals surface area contributed by atoms with Gasteiger partial charge >= 0.3 is 0 Å². The lowest BCUT2D eigenvalue weighted by Crippen LogP contribution is -2.41. The van der Waals surface area contributed by atoms with E-state index in [1.807, 2.05) is 24.3 Å². The Bertz CT molecular complexity index is 448. The SMILES string of the molecule is CCCNc1ccccc1C(=O)NC1CCOC(C)C1. The first-order valence-electron chi connectivity index (χ1n) is 7.46. The second kappa shape index (κ2) is 7.29. The monoisotopic (exact) mass is 276 g/mol. The van der Waals surface area contributed by atoms with Gasteiger partial charge < -0.3 is 15.4 Å². The smallest absolute Gasteiger partial charge is 0.253 e. The van der Waals surface area contributed by atoms with Gasteiger partial charge in [-0.1, -0.05) is 19.1 Å². The average Bonchev–Trinajstić information content (AvgIpc) is 2.45. The van der Waals surface area contributed by atoms with Crippen molar-refractivity contribution in [2.24, 2.45) is 0 Å². The van der Waals surface area contributed by atoms with Crippen molar-refractivity contribution in [1.82, 2.24) is 5.32 Å². The highest BCUT2D eigenvalue weighted by atomic mass is 16.5. The zero-order valence-electron chi connectivity index (χ0n) is 12.3. The summed E-state index contributed by atoms with van der Waals surface area (Å²) >= 11 is 0. The lowest BCUT2D eigenvalue weighted by atomic mass is 10.0. The number of amides is 1. The maximum atomic E-state index is 12.4. The highest BCUT2D eigenvalue weighted by molar-refractivity contribution is 5.99. The van der Waals surface area contributed by atoms with E-state index in [0.717, 1.165) is 43.7 Å². The number of carbonyl (C=O) groups excluding carboxylic acids is 1. The van der Waals surface area contributed by atoms with Gasteiger partial charge in [-0.3, -0.25) is 4.79 Å². The van der Waals surface area contributed by atoms with Crippen molar-refractivity contribution in [3.05, 3.63) is 29.8 Å². The molecule has 1 heterocycles. The molecule has 2 unspecified atom stereocenters. The zero-order chi connectivity index (χ0) is 14.4. The number of hydrogen-bond donors (Lipinski definition) is 2. The van der Waals surface area contributed by atoms with Crippen molar-refractivity contribution in [3.63, 3.8) is 0 Å². The van der Waals surface area contributed by atoms with E-state index in [0.29, 0.717) is 0 Å². The van der Waals surface area contributed by atoms with Gasteiger partial charge in [0.05, 0.1) is 11.7 Å². The van der Waals surface area contributed by atoms with Gasteiger partial charge in [0.1, 0.15) is 0 Å². The molecule has 2 rings (SSSR count). The predicted molar refractivity (Wildman–Crippen MR) is 81.1 cm³/mol. The van der Waals surface area contributed by atoms with E-state index in [-0.39, 0.29) is 18.1 Å². The molecule has 1 saturated heterocycles. The molecular formula is C16H24N2O2. The molecule has 4 heteroatoms. The minimum atomic E-state index is 0.00306. The van der Waals surface area contributed by atoms with E-state index in [2.05, 4.69) is 24.5 Å². The third-order valence-corrected chi connectivity index (χ3v) is 3.56. The van der Waals surface area contributed by atoms with Crippen LogP contribution in [-0.2, 0) is 4.74 Å². The van der Waals surface area contributed by atoms with E-state index in [1.165, 1.54) is 0 Å². The Morgan fingerprint density at radius 1 is 1.40 bits per heavy atom. The Morgan fingerprint density at radius 3 is 2.95 bits per heavy atom. The van der Waals surface area contributed by atoms with E-state index in [9.17, 15) is 4.79 Å². The lowest BCUT2D eigenvalue weighted by molar-refractivity contribution is 0.0137. The average molecular weight is 276 g/mol. The molecule has 0 spiro atoms. The van der Waals surface area contributed by atoms with E-state index in [4.69, 9.17) is 4.74 Å². The molecule has 0 saturated carbocycles. The number of hydrogen-bond acceptors (Lipinski definition) is 3. The molecule has 20 heavy (non-hydrogen) atoms. The minimum absolute atomic E-state index is 0.00306. The molecular weight excluding hydrogens is 252 g/mol. The summed E-state index contributed by atoms with van der Waals surface area (Å²) in [6, 6.07) is 7.89. The van der Waals surface area contributed by atoms with Crippen LogP contribution in [0.25, 0.3) is 0 Å². The molecule has 110 valence electrons. The molecule has 2 atom stereocenters. The Kier molecular flexibility index (Phi) is 5.41. The Hall–Kier alpha value is -1.55. The van der Waals surface area contributed by atoms with Crippen LogP contribution in [0.1, 0.15) is 43.5 Å². The number of carbonyl (C=O) groups is 1. The summed E-state index contributed by atoms with van der Waals surface area (Å²) in [5.74, 6) is 0.00306. The molecule has 1 aliphatic heterocycles. The van der Waals surface area contributed by atoms with Crippen molar-refractivity contribution in [3.8, 4) is 0 Å². The van der Waals surface area contributed by atoms with Gasteiger partial charge in [0.15, 0.2) is 0 Å². The van der Waals surface area contributed by atoms with Crippen molar-refractivity contribution in [1.29, 1.82) is 0 Å². The molecule has 1 amide bonds. The second-order valence-corrected chi connectivity index (χ2v) is 5.35. The minimum Gasteiger partial charge on any atom is -0.384 e. The summed E-state index contributed by atoms with van der Waals surface area (Å²) in [6.07, 6.45) is 3.03. The Labute approximate surface area is 120 Å². The quantitative estimate of drug-likeness (QED) is 0.869. The number of benzene rings is 1. The van der Waals surface area contributed by atoms with Crippen LogP contribution in [0.4, 0.5) is 5.69 Å². The van der Waals surface area contributed by atoms with Gasteiger partial charge in [0.2, 0.25) is 0 Å². The molecule has 1 aromatic carbocycles. The fraction of sp³-hybridized carbons (Fsp3) is 0.562. The fourth-order valence-corrected chi connectivity index (χ4v) is 2.49. The van der Waals surface area contributed by atoms with Crippen molar-refractivity contribution >= 4 is 11.6 Å². The first kappa shape index (κ1) is 14.9. The molecule has 0 aromatic heterocycles. The van der Waals surface area contributed by atoms with Crippen LogP contribution >= 0.6 is 0 Å². The summed E-state index contributed by atoms with van der Waals surface area (Å²) in [4.78, 5) is 12.4. The molecule has 4 nitrogen and oxygen atoms in total. The fourth-order valence-electron chi connectivity index (χ4n) is 2.49. The highest BCUT2D eigenvalue weighted by Crippen LogP contribution is 2.17. The van der Waals surface area contributed by atoms with Crippen LogP contribution in [0.3, 0.4) is 0 Å². The molecule has 0 radical (unpaired) electrons. The standard InChI is InChI=1S/C16H24N2O2/c1-3-9-17-15-7-5-4-6-14(15)16(19)18-13-8-10-20-12(2)11-13/h4-7,12-13,17H,3,8-11H2,1-2H3,(H,18,19). The third-order valence-electron chi connectivity index (χ3n) is 3.56. The van der Waals surface area contributed by atoms with Crippen molar-refractivity contribution in [2.45, 2.75) is 45.3 Å². The summed E-state index contributed by atoms with van der Waals surface area (Å²) in [6.45, 7) is 5.76. The van der Waals surface area contributed by atoms with E-state index in [1.54, 1.807) is 0 Å². The molecule has 1 aromatic rings. The number of anilines is 1. The summed E-state index contributed by atoms with van der Waals surface area (Å²) in [5, 5.41) is 6.43. The van der Waals surface area contributed by atoms with Gasteiger partial charge in [-0.15, -0.1) is 0 Å². The highest BCUT2D eigenvalue weighted by Gasteiger charge is 2.22. The van der Waals surface area contributed by atoms with Crippen molar-refractivity contribution in [2.75, 3.05) is 18.5 Å². The molecule has 1 aliphatic rings. The first-order chi connectivity index (χ1) is 9.70. The van der Waals surface area contributed by atoms with Crippen LogP contribution < -0.4 is 10.6 Å². The largest absolute Gasteiger partial charge is 0.384 e. The maximum absolute atomic E-state index is 12.4. The topological polar surface area (TPSA) is 50.4 Å². The van der Waals surface area contributed by atoms with Crippen LogP contribution in [0.15, 0.2) is 24.3 Å². The Balaban J connectivity index is 2.01. The van der Waals surface area contributed by atoms with Crippen LogP contribution in [0.2, 0.25) is 0 Å². The third kappa shape index (κ3) is 3.97. The molecule has 0 bridgehead atoms. The van der Waals surface area contributed by atoms with Gasteiger partial charge in [-0.05, 0) is 38.3 Å². The predicted octanol–water partition coefficient (Wildman–Crippen LogP) is 2.81. The van der Waals surface area contributed by atoms with Gasteiger partial charge in [-0.2, -0.15) is 0 Å². The van der Waals surface area contributed by atoms with Gasteiger partial charge in [-0.25, -0.2) is 0 Å². The normalized spacial score (nSPS) is 22.3. The zero-order valence-corrected chi connectivity index (χ0v) is 12.3. The van der Waals surface area contributed by atoms with Crippen LogP contribution in [0.5, 0.6) is 0 Å². The summed E-state index contributed by atoms with van der Waals surface area (Å²) in [7, 11) is 0. The lowest BCUT2D eigenvalue weighted by Gasteiger charge is -2.28. The Morgan fingerprint density at radius 2 is 2.20 bits per heavy atom. The first-order valence-corrected chi connectivity index (χ1v) is 7.46.